The predicted molar refractivity (Wildman–Crippen MR) is 100 cm³/mol. The summed E-state index contributed by atoms with van der Waals surface area (Å²) < 4.78 is 0.728. The van der Waals surface area contributed by atoms with Crippen LogP contribution in [0, 0.1) is 6.92 Å². The maximum atomic E-state index is 10.5. The van der Waals surface area contributed by atoms with Gasteiger partial charge in [-0.1, -0.05) is 39.0 Å². The van der Waals surface area contributed by atoms with Crippen molar-refractivity contribution in [3.8, 4) is 5.75 Å². The van der Waals surface area contributed by atoms with E-state index in [-0.39, 0.29) is 5.75 Å². The second-order valence-corrected chi connectivity index (χ2v) is 7.60. The highest BCUT2D eigenvalue weighted by Crippen LogP contribution is 2.42. The van der Waals surface area contributed by atoms with Crippen molar-refractivity contribution in [1.82, 2.24) is 0 Å². The first-order valence-electron chi connectivity index (χ1n) is 8.08. The van der Waals surface area contributed by atoms with Gasteiger partial charge in [-0.15, -0.1) is 0 Å². The van der Waals surface area contributed by atoms with Crippen molar-refractivity contribution in [2.24, 2.45) is 4.99 Å². The first kappa shape index (κ1) is 16.3. The van der Waals surface area contributed by atoms with Crippen molar-refractivity contribution >= 4 is 27.3 Å². The third-order valence-electron chi connectivity index (χ3n) is 4.52. The van der Waals surface area contributed by atoms with E-state index < -0.39 is 0 Å². The quantitative estimate of drug-likeness (QED) is 0.667. The third kappa shape index (κ3) is 2.94. The maximum Gasteiger partial charge on any atom is 0.138 e. The molecule has 1 unspecified atom stereocenters. The lowest BCUT2D eigenvalue weighted by molar-refractivity contribution is 0.470. The molecule has 0 spiro atoms. The Labute approximate surface area is 146 Å². The highest BCUT2D eigenvalue weighted by molar-refractivity contribution is 9.10. The Kier molecular flexibility index (Phi) is 4.33. The van der Waals surface area contributed by atoms with Gasteiger partial charge in [-0.3, -0.25) is 4.99 Å². The number of phenolic OH excluding ortho intramolecular Hbond substituents is 1. The maximum absolute atomic E-state index is 10.5. The normalized spacial score (nSPS) is 17.1. The van der Waals surface area contributed by atoms with E-state index in [4.69, 9.17) is 4.99 Å². The van der Waals surface area contributed by atoms with E-state index in [2.05, 4.69) is 54.9 Å². The molecule has 0 radical (unpaired) electrons. The zero-order chi connectivity index (χ0) is 16.7. The monoisotopic (exact) mass is 371 g/mol. The zero-order valence-corrected chi connectivity index (χ0v) is 15.6. The van der Waals surface area contributed by atoms with Crippen molar-refractivity contribution in [3.63, 3.8) is 0 Å². The summed E-state index contributed by atoms with van der Waals surface area (Å²) in [6, 6.07) is 10.4. The average Bonchev–Trinajstić information content (AvgIpc) is 2.50. The van der Waals surface area contributed by atoms with Gasteiger partial charge in [0.1, 0.15) is 5.75 Å². The Balaban J connectivity index is 2.21. The van der Waals surface area contributed by atoms with Crippen LogP contribution >= 0.6 is 15.9 Å². The summed E-state index contributed by atoms with van der Waals surface area (Å²) in [7, 11) is 0. The van der Waals surface area contributed by atoms with Gasteiger partial charge in [0.05, 0.1) is 15.9 Å². The SMILES string of the molecule is Cc1cc(Br)c(O)c(C2=Nc3c(C(C)C)cccc3C(C)C2)c1. The summed E-state index contributed by atoms with van der Waals surface area (Å²) >= 11 is 3.44. The van der Waals surface area contributed by atoms with Crippen LogP contribution in [-0.4, -0.2) is 10.8 Å². The fraction of sp³-hybridized carbons (Fsp3) is 0.350. The lowest BCUT2D eigenvalue weighted by atomic mass is 9.85. The number of para-hydroxylation sites is 1. The Morgan fingerprint density at radius 1 is 1.26 bits per heavy atom. The van der Waals surface area contributed by atoms with E-state index in [9.17, 15) is 5.11 Å². The molecule has 0 fully saturated rings. The first-order chi connectivity index (χ1) is 10.9. The molecule has 0 aliphatic carbocycles. The van der Waals surface area contributed by atoms with E-state index >= 15 is 0 Å². The molecule has 1 heterocycles. The summed E-state index contributed by atoms with van der Waals surface area (Å²) in [5.74, 6) is 1.11. The molecule has 0 aromatic heterocycles. The number of hydrogen-bond acceptors (Lipinski definition) is 2. The standard InChI is InChI=1S/C20H22BrNO/c1-11(2)14-6-5-7-15-13(4)10-18(22-19(14)15)16-8-12(3)9-17(21)20(16)23/h5-9,11,13,23H,10H2,1-4H3. The molecule has 0 bridgehead atoms. The molecule has 2 aromatic rings. The van der Waals surface area contributed by atoms with Crippen LogP contribution in [0.1, 0.15) is 61.3 Å². The Morgan fingerprint density at radius 2 is 2.00 bits per heavy atom. The van der Waals surface area contributed by atoms with Crippen LogP contribution in [0.4, 0.5) is 5.69 Å². The number of rotatable bonds is 2. The van der Waals surface area contributed by atoms with Crippen LogP contribution in [0.15, 0.2) is 39.8 Å². The number of aromatic hydroxyl groups is 1. The molecule has 0 saturated carbocycles. The number of aliphatic imine (C=N–C) groups is 1. The molecule has 0 saturated heterocycles. The molecule has 3 heteroatoms. The number of phenols is 1. The van der Waals surface area contributed by atoms with E-state index in [1.54, 1.807) is 0 Å². The van der Waals surface area contributed by atoms with Gasteiger partial charge in [-0.2, -0.15) is 0 Å². The first-order valence-corrected chi connectivity index (χ1v) is 8.87. The molecule has 23 heavy (non-hydrogen) atoms. The molecule has 120 valence electrons. The van der Waals surface area contributed by atoms with Crippen LogP contribution in [0.25, 0.3) is 0 Å². The molecule has 1 aliphatic rings. The smallest absolute Gasteiger partial charge is 0.138 e. The largest absolute Gasteiger partial charge is 0.506 e. The summed E-state index contributed by atoms with van der Waals surface area (Å²) in [5.41, 5.74) is 6.60. The highest BCUT2D eigenvalue weighted by atomic mass is 79.9. The van der Waals surface area contributed by atoms with Crippen LogP contribution < -0.4 is 0 Å². The lowest BCUT2D eigenvalue weighted by Gasteiger charge is -2.25. The van der Waals surface area contributed by atoms with E-state index in [0.717, 1.165) is 33.4 Å². The molecular formula is C20H22BrNO. The molecular weight excluding hydrogens is 350 g/mol. The van der Waals surface area contributed by atoms with Gasteiger partial charge in [-0.05, 0) is 69.9 Å². The van der Waals surface area contributed by atoms with Crippen molar-refractivity contribution in [1.29, 1.82) is 0 Å². The Bertz CT molecular complexity index is 792. The van der Waals surface area contributed by atoms with Gasteiger partial charge in [0.15, 0.2) is 0 Å². The number of hydrogen-bond donors (Lipinski definition) is 1. The van der Waals surface area contributed by atoms with Crippen molar-refractivity contribution < 1.29 is 5.11 Å². The van der Waals surface area contributed by atoms with E-state index in [1.165, 1.54) is 11.1 Å². The molecule has 1 atom stereocenters. The Hall–Kier alpha value is -1.61. The fourth-order valence-electron chi connectivity index (χ4n) is 3.28. The number of benzene rings is 2. The van der Waals surface area contributed by atoms with Crippen LogP contribution in [0.2, 0.25) is 0 Å². The second kappa shape index (κ2) is 6.12. The number of aryl methyl sites for hydroxylation is 1. The van der Waals surface area contributed by atoms with Gasteiger partial charge < -0.3 is 5.11 Å². The predicted octanol–water partition coefficient (Wildman–Crippen LogP) is 6.21. The van der Waals surface area contributed by atoms with Crippen molar-refractivity contribution in [3.05, 3.63) is 57.1 Å². The third-order valence-corrected chi connectivity index (χ3v) is 5.12. The summed E-state index contributed by atoms with van der Waals surface area (Å²) in [6.07, 6.45) is 0.845. The molecule has 2 aromatic carbocycles. The van der Waals surface area contributed by atoms with Gasteiger partial charge in [0.2, 0.25) is 0 Å². The topological polar surface area (TPSA) is 32.6 Å². The number of halogens is 1. The lowest BCUT2D eigenvalue weighted by Crippen LogP contribution is -2.13. The van der Waals surface area contributed by atoms with Gasteiger partial charge in [-0.25, -0.2) is 0 Å². The highest BCUT2D eigenvalue weighted by Gasteiger charge is 2.24. The molecule has 2 nitrogen and oxygen atoms in total. The minimum Gasteiger partial charge on any atom is -0.506 e. The van der Waals surface area contributed by atoms with Gasteiger partial charge in [0.25, 0.3) is 0 Å². The van der Waals surface area contributed by atoms with Gasteiger partial charge >= 0.3 is 0 Å². The summed E-state index contributed by atoms with van der Waals surface area (Å²) in [4.78, 5) is 4.97. The summed E-state index contributed by atoms with van der Waals surface area (Å²) in [6.45, 7) is 8.67. The van der Waals surface area contributed by atoms with Crippen molar-refractivity contribution in [2.75, 3.05) is 0 Å². The van der Waals surface area contributed by atoms with E-state index in [0.29, 0.717) is 11.8 Å². The van der Waals surface area contributed by atoms with Crippen LogP contribution in [0.5, 0.6) is 5.75 Å². The Morgan fingerprint density at radius 3 is 2.70 bits per heavy atom. The summed E-state index contributed by atoms with van der Waals surface area (Å²) in [5, 5.41) is 10.5. The van der Waals surface area contributed by atoms with Crippen molar-refractivity contribution in [2.45, 2.75) is 46.0 Å². The fourth-order valence-corrected chi connectivity index (χ4v) is 3.85. The molecule has 1 N–H and O–H groups in total. The minimum absolute atomic E-state index is 0.284. The van der Waals surface area contributed by atoms with Crippen LogP contribution in [-0.2, 0) is 0 Å². The number of fused-ring (bicyclic) bond motifs is 1. The average molecular weight is 372 g/mol. The minimum atomic E-state index is 0.284. The molecule has 1 aliphatic heterocycles. The second-order valence-electron chi connectivity index (χ2n) is 6.75. The zero-order valence-electron chi connectivity index (χ0n) is 14.0. The number of nitrogens with zero attached hydrogens (tertiary/aromatic N) is 1. The molecule has 0 amide bonds. The molecule has 3 rings (SSSR count). The van der Waals surface area contributed by atoms with Gasteiger partial charge in [0, 0.05) is 5.56 Å². The van der Waals surface area contributed by atoms with E-state index in [1.807, 2.05) is 19.1 Å². The van der Waals surface area contributed by atoms with Crippen LogP contribution in [0.3, 0.4) is 0 Å².